The second-order valence-electron chi connectivity index (χ2n) is 7.42. The molecule has 0 bridgehead atoms. The Hall–Kier alpha value is -3.93. The van der Waals surface area contributed by atoms with Gasteiger partial charge in [0, 0.05) is 5.02 Å². The van der Waals surface area contributed by atoms with Gasteiger partial charge in [-0.3, -0.25) is 4.79 Å². The highest BCUT2D eigenvalue weighted by Crippen LogP contribution is 2.30. The highest BCUT2D eigenvalue weighted by Gasteiger charge is 2.33. The monoisotopic (exact) mass is 489 g/mol. The minimum atomic E-state index is -4.67. The van der Waals surface area contributed by atoms with E-state index in [9.17, 15) is 22.4 Å². The number of aromatic nitrogens is 7. The van der Waals surface area contributed by atoms with E-state index in [1.807, 2.05) is 0 Å². The van der Waals surface area contributed by atoms with Crippen LogP contribution in [-0.4, -0.2) is 34.7 Å². The van der Waals surface area contributed by atoms with Crippen molar-refractivity contribution in [3.8, 4) is 17.2 Å². The predicted molar refractivity (Wildman–Crippen MR) is 115 cm³/mol. The number of nitrogens with zero attached hydrogens (tertiary/aromatic N) is 6. The molecule has 5 rings (SSSR count). The molecule has 13 heteroatoms. The molecule has 1 N–H and O–H groups in total. The molecule has 0 aliphatic heterocycles. The average molecular weight is 490 g/mol. The first-order chi connectivity index (χ1) is 16.0. The van der Waals surface area contributed by atoms with Crippen molar-refractivity contribution < 1.29 is 17.6 Å². The largest absolute Gasteiger partial charge is 0.433 e. The molecule has 0 aliphatic carbocycles. The summed E-state index contributed by atoms with van der Waals surface area (Å²) in [5, 5.41) is 4.40. The number of rotatable bonds is 2. The molecular formula is C21H12ClF4N7O. The van der Waals surface area contributed by atoms with E-state index in [1.54, 1.807) is 13.8 Å². The molecule has 0 saturated heterocycles. The van der Waals surface area contributed by atoms with Gasteiger partial charge in [-0.25, -0.2) is 29.0 Å². The van der Waals surface area contributed by atoms with Gasteiger partial charge in [-0.05, 0) is 38.1 Å². The third-order valence-electron chi connectivity index (χ3n) is 5.14. The number of H-pyrrole nitrogens is 1. The Kier molecular flexibility index (Phi) is 4.86. The van der Waals surface area contributed by atoms with Crippen molar-refractivity contribution in [1.82, 2.24) is 34.7 Å². The van der Waals surface area contributed by atoms with E-state index in [1.165, 1.54) is 12.1 Å². The lowest BCUT2D eigenvalue weighted by Gasteiger charge is -2.12. The van der Waals surface area contributed by atoms with Crippen LogP contribution >= 0.6 is 11.6 Å². The van der Waals surface area contributed by atoms with Crippen LogP contribution in [0.2, 0.25) is 5.02 Å². The van der Waals surface area contributed by atoms with E-state index in [2.05, 4.69) is 30.0 Å². The Labute approximate surface area is 192 Å². The Morgan fingerprint density at radius 1 is 1.06 bits per heavy atom. The van der Waals surface area contributed by atoms with E-state index in [0.29, 0.717) is 11.4 Å². The molecule has 4 aromatic heterocycles. The Morgan fingerprint density at radius 3 is 2.50 bits per heavy atom. The first kappa shape index (κ1) is 21.9. The lowest BCUT2D eigenvalue weighted by molar-refractivity contribution is -0.141. The average Bonchev–Trinajstić information content (AvgIpc) is 3.18. The number of imidazole rings is 1. The Morgan fingerprint density at radius 2 is 1.79 bits per heavy atom. The second kappa shape index (κ2) is 7.55. The fourth-order valence-electron chi connectivity index (χ4n) is 3.35. The van der Waals surface area contributed by atoms with Gasteiger partial charge in [0.2, 0.25) is 5.43 Å². The highest BCUT2D eigenvalue weighted by molar-refractivity contribution is 6.30. The van der Waals surface area contributed by atoms with Crippen LogP contribution in [0.4, 0.5) is 17.6 Å². The van der Waals surface area contributed by atoms with Gasteiger partial charge in [-0.15, -0.1) is 0 Å². The second-order valence-corrected chi connectivity index (χ2v) is 7.86. The maximum Gasteiger partial charge on any atom is 0.433 e. The van der Waals surface area contributed by atoms with Crippen molar-refractivity contribution in [2.45, 2.75) is 20.0 Å². The van der Waals surface area contributed by atoms with Crippen molar-refractivity contribution in [3.63, 3.8) is 0 Å². The summed E-state index contributed by atoms with van der Waals surface area (Å²) in [7, 11) is 0. The molecule has 4 heterocycles. The van der Waals surface area contributed by atoms with Gasteiger partial charge < -0.3 is 4.98 Å². The number of fused-ring (bicyclic) bond motifs is 2. The molecule has 1 aromatic carbocycles. The maximum absolute atomic E-state index is 14.8. The topological polar surface area (TPSA) is 102 Å². The van der Waals surface area contributed by atoms with E-state index in [0.717, 1.165) is 23.0 Å². The molecule has 0 spiro atoms. The standard InChI is InChI=1S/C21H12ClF4N7O/c1-8-9(2)29-20-17(28-8)18(34)16(32-33(20)14-4-3-10(22)5-11(14)23)19-30-12-6-15(21(24,25)26)27-7-13(12)31-19/h3-7H,1-2H3,(H,30,31). The van der Waals surface area contributed by atoms with Crippen LogP contribution in [0.25, 0.3) is 39.4 Å². The summed E-state index contributed by atoms with van der Waals surface area (Å²) in [4.78, 5) is 32.2. The summed E-state index contributed by atoms with van der Waals surface area (Å²) in [5.41, 5.74) is -1.25. The van der Waals surface area contributed by atoms with E-state index in [4.69, 9.17) is 11.6 Å². The lowest BCUT2D eigenvalue weighted by atomic mass is 10.2. The molecule has 0 radical (unpaired) electrons. The first-order valence-corrected chi connectivity index (χ1v) is 10.1. The summed E-state index contributed by atoms with van der Waals surface area (Å²) in [6.07, 6.45) is -3.71. The van der Waals surface area contributed by atoms with Crippen molar-refractivity contribution in [1.29, 1.82) is 0 Å². The molecule has 0 unspecified atom stereocenters. The summed E-state index contributed by atoms with van der Waals surface area (Å²) in [6.45, 7) is 3.33. The summed E-state index contributed by atoms with van der Waals surface area (Å²) >= 11 is 5.86. The summed E-state index contributed by atoms with van der Waals surface area (Å²) in [6, 6.07) is 4.61. The zero-order valence-corrected chi connectivity index (χ0v) is 18.1. The van der Waals surface area contributed by atoms with Crippen LogP contribution in [0, 0.1) is 19.7 Å². The highest BCUT2D eigenvalue weighted by atomic mass is 35.5. The molecule has 0 amide bonds. The van der Waals surface area contributed by atoms with Gasteiger partial charge in [-0.2, -0.15) is 18.3 Å². The van der Waals surface area contributed by atoms with Crippen LogP contribution in [0.5, 0.6) is 0 Å². The number of hydrogen-bond donors (Lipinski definition) is 1. The third kappa shape index (κ3) is 3.55. The normalized spacial score (nSPS) is 12.1. The lowest BCUT2D eigenvalue weighted by Crippen LogP contribution is -2.20. The van der Waals surface area contributed by atoms with Gasteiger partial charge >= 0.3 is 6.18 Å². The Bertz CT molecular complexity index is 1680. The van der Waals surface area contributed by atoms with Crippen molar-refractivity contribution in [2.24, 2.45) is 0 Å². The van der Waals surface area contributed by atoms with Crippen LogP contribution in [0.1, 0.15) is 17.1 Å². The van der Waals surface area contributed by atoms with Gasteiger partial charge in [0.1, 0.15) is 17.2 Å². The molecule has 0 atom stereocenters. The molecule has 172 valence electrons. The van der Waals surface area contributed by atoms with Gasteiger partial charge in [0.05, 0.1) is 28.6 Å². The zero-order chi connectivity index (χ0) is 24.4. The molecule has 34 heavy (non-hydrogen) atoms. The molecule has 0 aliphatic rings. The number of aryl methyl sites for hydroxylation is 2. The smallest absolute Gasteiger partial charge is 0.335 e. The van der Waals surface area contributed by atoms with Crippen molar-refractivity contribution >= 4 is 33.8 Å². The zero-order valence-electron chi connectivity index (χ0n) is 17.4. The molecule has 0 saturated carbocycles. The summed E-state index contributed by atoms with van der Waals surface area (Å²) < 4.78 is 55.0. The van der Waals surface area contributed by atoms with Crippen molar-refractivity contribution in [2.75, 3.05) is 0 Å². The van der Waals surface area contributed by atoms with Gasteiger partial charge in [0.15, 0.2) is 22.7 Å². The minimum absolute atomic E-state index is 0.00444. The third-order valence-corrected chi connectivity index (χ3v) is 5.37. The molecular weight excluding hydrogens is 478 g/mol. The number of halogens is 5. The van der Waals surface area contributed by atoms with Crippen LogP contribution in [0.15, 0.2) is 35.3 Å². The van der Waals surface area contributed by atoms with Crippen molar-refractivity contribution in [3.05, 3.63) is 68.6 Å². The van der Waals surface area contributed by atoms with E-state index < -0.39 is 23.1 Å². The molecule has 8 nitrogen and oxygen atoms in total. The van der Waals surface area contributed by atoms with Gasteiger partial charge in [-0.1, -0.05) is 11.6 Å². The van der Waals surface area contributed by atoms with E-state index in [-0.39, 0.29) is 44.4 Å². The number of benzene rings is 1. The van der Waals surface area contributed by atoms with Gasteiger partial charge in [0.25, 0.3) is 0 Å². The SMILES string of the molecule is Cc1nc2c(=O)c(-c3nc4cc(C(F)(F)F)ncc4[nH]3)nn(-c3ccc(Cl)cc3F)c2nc1C. The number of aromatic amines is 1. The minimum Gasteiger partial charge on any atom is -0.335 e. The quantitative estimate of drug-likeness (QED) is 0.365. The Balaban J connectivity index is 1.82. The number of pyridine rings is 1. The first-order valence-electron chi connectivity index (χ1n) is 9.70. The van der Waals surface area contributed by atoms with E-state index >= 15 is 0 Å². The fraction of sp³-hybridized carbons (Fsp3) is 0.143. The van der Waals surface area contributed by atoms with Crippen LogP contribution < -0.4 is 5.43 Å². The van der Waals surface area contributed by atoms with Crippen LogP contribution in [0.3, 0.4) is 0 Å². The van der Waals surface area contributed by atoms with Crippen LogP contribution in [-0.2, 0) is 6.18 Å². The number of hydrogen-bond acceptors (Lipinski definition) is 6. The number of alkyl halides is 3. The summed E-state index contributed by atoms with van der Waals surface area (Å²) in [5.74, 6) is -0.870. The molecule has 0 fully saturated rings. The fourth-order valence-corrected chi connectivity index (χ4v) is 3.51. The number of nitrogens with one attached hydrogen (secondary N) is 1. The molecule has 5 aromatic rings. The maximum atomic E-state index is 14.8. The predicted octanol–water partition coefficient (Wildman–Crippen LogP) is 4.54.